The molecular weight excluding hydrogens is 436 g/mol. The SMILES string of the molecule is COc1ccc(NC2(c3cc(C)cc(C)c3)C(=O)N(C(C)(C)C)C(=O)C2=Cc2ccccc2)cc1. The Bertz CT molecular complexity index is 1270. The maximum absolute atomic E-state index is 14.4. The molecule has 1 heterocycles. The van der Waals surface area contributed by atoms with Crippen molar-refractivity contribution in [2.75, 3.05) is 12.4 Å². The minimum Gasteiger partial charge on any atom is -0.497 e. The van der Waals surface area contributed by atoms with Gasteiger partial charge in [0.15, 0.2) is 5.54 Å². The number of hydrogen-bond donors (Lipinski definition) is 1. The van der Waals surface area contributed by atoms with Gasteiger partial charge in [-0.25, -0.2) is 0 Å². The van der Waals surface area contributed by atoms with Crippen molar-refractivity contribution in [2.24, 2.45) is 0 Å². The van der Waals surface area contributed by atoms with Crippen molar-refractivity contribution in [1.29, 1.82) is 0 Å². The number of ether oxygens (including phenoxy) is 1. The Morgan fingerprint density at radius 3 is 2.03 bits per heavy atom. The summed E-state index contributed by atoms with van der Waals surface area (Å²) in [4.78, 5) is 29.8. The largest absolute Gasteiger partial charge is 0.497 e. The molecule has 1 N–H and O–H groups in total. The first kappa shape index (κ1) is 24.3. The van der Waals surface area contributed by atoms with Crippen LogP contribution < -0.4 is 10.1 Å². The van der Waals surface area contributed by atoms with Crippen molar-refractivity contribution >= 4 is 23.6 Å². The van der Waals surface area contributed by atoms with Gasteiger partial charge in [-0.2, -0.15) is 0 Å². The van der Waals surface area contributed by atoms with Gasteiger partial charge in [-0.05, 0) is 76.1 Å². The summed E-state index contributed by atoms with van der Waals surface area (Å²) < 4.78 is 5.31. The number of hydrogen-bond acceptors (Lipinski definition) is 4. The Morgan fingerprint density at radius 2 is 1.49 bits per heavy atom. The third-order valence-corrected chi connectivity index (χ3v) is 6.22. The zero-order valence-electron chi connectivity index (χ0n) is 21.2. The number of benzene rings is 3. The molecule has 4 rings (SSSR count). The van der Waals surface area contributed by atoms with Crippen LogP contribution in [0.15, 0.2) is 78.4 Å². The fourth-order valence-electron chi connectivity index (χ4n) is 4.71. The van der Waals surface area contributed by atoms with E-state index in [2.05, 4.69) is 11.4 Å². The summed E-state index contributed by atoms with van der Waals surface area (Å²) in [7, 11) is 1.61. The molecule has 0 saturated carbocycles. The van der Waals surface area contributed by atoms with Crippen LogP contribution in [0.1, 0.15) is 43.0 Å². The quantitative estimate of drug-likeness (QED) is 0.376. The second kappa shape index (κ2) is 9.06. The molecule has 0 spiro atoms. The van der Waals surface area contributed by atoms with E-state index in [1.54, 1.807) is 7.11 Å². The lowest BCUT2D eigenvalue weighted by Gasteiger charge is -2.34. The highest BCUT2D eigenvalue weighted by Gasteiger charge is 2.59. The smallest absolute Gasteiger partial charge is 0.265 e. The van der Waals surface area contributed by atoms with E-state index in [1.165, 1.54) is 4.90 Å². The minimum atomic E-state index is -1.40. The van der Waals surface area contributed by atoms with Crippen LogP contribution in [0.5, 0.6) is 5.75 Å². The highest BCUT2D eigenvalue weighted by atomic mass is 16.5. The molecule has 1 aliphatic rings. The predicted octanol–water partition coefficient (Wildman–Crippen LogP) is 5.87. The van der Waals surface area contributed by atoms with Gasteiger partial charge in [-0.3, -0.25) is 14.5 Å². The number of imide groups is 1. The standard InChI is InChI=1S/C30H32N2O3/c1-20-16-21(2)18-23(17-20)30(31-24-12-14-25(35-6)15-13-24)26(19-22-10-8-7-9-11-22)27(33)32(28(30)34)29(3,4)5/h7-19,31H,1-6H3. The van der Waals surface area contributed by atoms with Gasteiger partial charge in [0.05, 0.1) is 12.7 Å². The molecule has 3 aromatic rings. The maximum atomic E-state index is 14.4. The van der Waals surface area contributed by atoms with Crippen LogP contribution >= 0.6 is 0 Å². The van der Waals surface area contributed by atoms with Gasteiger partial charge >= 0.3 is 0 Å². The zero-order chi connectivity index (χ0) is 25.4. The summed E-state index contributed by atoms with van der Waals surface area (Å²) in [6.45, 7) is 9.65. The summed E-state index contributed by atoms with van der Waals surface area (Å²) >= 11 is 0. The van der Waals surface area contributed by atoms with Crippen LogP contribution in [0.25, 0.3) is 6.08 Å². The lowest BCUT2D eigenvalue weighted by atomic mass is 9.81. The van der Waals surface area contributed by atoms with Crippen LogP contribution in [-0.2, 0) is 15.1 Å². The van der Waals surface area contributed by atoms with Gasteiger partial charge in [0.25, 0.3) is 11.8 Å². The number of methoxy groups -OCH3 is 1. The number of nitrogens with one attached hydrogen (secondary N) is 1. The summed E-state index contributed by atoms with van der Waals surface area (Å²) in [6.07, 6.45) is 1.83. The van der Waals surface area contributed by atoms with Crippen molar-refractivity contribution in [2.45, 2.75) is 45.7 Å². The van der Waals surface area contributed by atoms with E-state index in [0.29, 0.717) is 17.0 Å². The molecule has 0 aromatic heterocycles. The lowest BCUT2D eigenvalue weighted by Crippen LogP contribution is -2.50. The van der Waals surface area contributed by atoms with Gasteiger partial charge in [0.2, 0.25) is 0 Å². The van der Waals surface area contributed by atoms with E-state index < -0.39 is 11.1 Å². The summed E-state index contributed by atoms with van der Waals surface area (Å²) in [5.41, 5.74) is 2.62. The first-order valence-electron chi connectivity index (χ1n) is 11.7. The van der Waals surface area contributed by atoms with Gasteiger partial charge < -0.3 is 10.1 Å². The number of anilines is 1. The Hall–Kier alpha value is -3.86. The maximum Gasteiger partial charge on any atom is 0.265 e. The van der Waals surface area contributed by atoms with Crippen molar-refractivity contribution < 1.29 is 14.3 Å². The average molecular weight is 469 g/mol. The molecule has 1 unspecified atom stereocenters. The van der Waals surface area contributed by atoms with Crippen LogP contribution in [-0.4, -0.2) is 29.4 Å². The fraction of sp³-hybridized carbons (Fsp3) is 0.267. The third kappa shape index (κ3) is 4.46. The number of nitrogens with zero attached hydrogens (tertiary/aromatic N) is 1. The third-order valence-electron chi connectivity index (χ3n) is 6.22. The molecule has 1 aliphatic heterocycles. The number of carbonyl (C=O) groups excluding carboxylic acids is 2. The van der Waals surface area contributed by atoms with E-state index in [4.69, 9.17) is 4.74 Å². The van der Waals surface area contributed by atoms with Gasteiger partial charge in [-0.15, -0.1) is 0 Å². The molecule has 5 nitrogen and oxygen atoms in total. The Kier molecular flexibility index (Phi) is 6.28. The van der Waals surface area contributed by atoms with E-state index >= 15 is 0 Å². The van der Waals surface area contributed by atoms with E-state index in [0.717, 1.165) is 22.3 Å². The van der Waals surface area contributed by atoms with Gasteiger partial charge in [0.1, 0.15) is 5.75 Å². The average Bonchev–Trinajstić information content (AvgIpc) is 3.01. The predicted molar refractivity (Wildman–Crippen MR) is 140 cm³/mol. The second-order valence-corrected chi connectivity index (χ2v) is 10.1. The molecule has 0 radical (unpaired) electrons. The van der Waals surface area contributed by atoms with Crippen LogP contribution in [0.2, 0.25) is 0 Å². The zero-order valence-corrected chi connectivity index (χ0v) is 21.2. The summed E-state index contributed by atoms with van der Waals surface area (Å²) in [5, 5.41) is 3.49. The second-order valence-electron chi connectivity index (χ2n) is 10.1. The molecule has 5 heteroatoms. The van der Waals surface area contributed by atoms with Crippen molar-refractivity contribution in [1.82, 2.24) is 4.90 Å². The van der Waals surface area contributed by atoms with Crippen molar-refractivity contribution in [3.05, 3.63) is 101 Å². The number of amides is 2. The van der Waals surface area contributed by atoms with E-state index in [-0.39, 0.29) is 11.8 Å². The van der Waals surface area contributed by atoms with Crippen molar-refractivity contribution in [3.8, 4) is 5.75 Å². The molecule has 3 aromatic carbocycles. The summed E-state index contributed by atoms with van der Waals surface area (Å²) in [5.74, 6) is 0.116. The molecule has 0 aliphatic carbocycles. The lowest BCUT2D eigenvalue weighted by molar-refractivity contribution is -0.144. The van der Waals surface area contributed by atoms with Crippen LogP contribution in [0.3, 0.4) is 0 Å². The topological polar surface area (TPSA) is 58.6 Å². The highest BCUT2D eigenvalue weighted by molar-refractivity contribution is 6.23. The van der Waals surface area contributed by atoms with Gasteiger partial charge in [0, 0.05) is 11.2 Å². The molecule has 2 amide bonds. The molecule has 1 saturated heterocycles. The summed E-state index contributed by atoms with van der Waals surface area (Å²) in [6, 6.07) is 23.1. The normalized spacial score (nSPS) is 19.4. The number of likely N-dealkylation sites (tertiary alicyclic amines) is 1. The van der Waals surface area contributed by atoms with Crippen molar-refractivity contribution in [3.63, 3.8) is 0 Å². The molecule has 35 heavy (non-hydrogen) atoms. The molecule has 180 valence electrons. The fourth-order valence-corrected chi connectivity index (χ4v) is 4.71. The van der Waals surface area contributed by atoms with Gasteiger partial charge in [-0.1, -0.05) is 59.7 Å². The molecule has 0 bridgehead atoms. The van der Waals surface area contributed by atoms with E-state index in [9.17, 15) is 9.59 Å². The Balaban J connectivity index is 2.03. The Labute approximate surface area is 207 Å². The monoisotopic (exact) mass is 468 g/mol. The number of carbonyl (C=O) groups is 2. The first-order valence-corrected chi connectivity index (χ1v) is 11.7. The minimum absolute atomic E-state index is 0.294. The number of rotatable bonds is 5. The Morgan fingerprint density at radius 1 is 0.886 bits per heavy atom. The molecule has 1 atom stereocenters. The number of aryl methyl sites for hydroxylation is 2. The first-order chi connectivity index (χ1) is 16.6. The highest BCUT2D eigenvalue weighted by Crippen LogP contribution is 2.45. The van der Waals surface area contributed by atoms with E-state index in [1.807, 2.05) is 107 Å². The van der Waals surface area contributed by atoms with Crippen LogP contribution in [0, 0.1) is 13.8 Å². The molecule has 1 fully saturated rings. The molecular formula is C30H32N2O3. The van der Waals surface area contributed by atoms with Crippen LogP contribution in [0.4, 0.5) is 5.69 Å².